The Kier molecular flexibility index (Phi) is 6.71. The van der Waals surface area contributed by atoms with Crippen LogP contribution in [-0.4, -0.2) is 19.7 Å². The van der Waals surface area contributed by atoms with E-state index in [1.165, 1.54) is 36.4 Å². The van der Waals surface area contributed by atoms with Gasteiger partial charge in [-0.05, 0) is 49.2 Å². The van der Waals surface area contributed by atoms with Gasteiger partial charge in [0.2, 0.25) is 23.0 Å². The van der Waals surface area contributed by atoms with E-state index < -0.39 is 65.4 Å². The fourth-order valence-electron chi connectivity index (χ4n) is 4.15. The average molecular weight is 576 g/mol. The first-order valence-electron chi connectivity index (χ1n) is 11.8. The van der Waals surface area contributed by atoms with Crippen molar-refractivity contribution in [3.05, 3.63) is 112 Å². The molecule has 5 rings (SSSR count). The number of ether oxygens (including phenoxy) is 4. The monoisotopic (exact) mass is 576 g/mol. The van der Waals surface area contributed by atoms with Gasteiger partial charge in [-0.3, -0.25) is 40.5 Å². The molecule has 42 heavy (non-hydrogen) atoms. The molecule has 8 bridgehead atoms. The minimum atomic E-state index is -0.863. The molecule has 0 saturated carbocycles. The first kappa shape index (κ1) is 27.3. The Morgan fingerprint density at radius 3 is 0.857 bits per heavy atom. The predicted octanol–water partition coefficient (Wildman–Crippen LogP) is 7.42. The van der Waals surface area contributed by atoms with Crippen molar-refractivity contribution < 1.29 is 38.6 Å². The number of benzene rings is 4. The Morgan fingerprint density at radius 1 is 0.405 bits per heavy atom. The first-order valence-corrected chi connectivity index (χ1v) is 11.8. The summed E-state index contributed by atoms with van der Waals surface area (Å²) in [7, 11) is 0. The Balaban J connectivity index is 1.80. The summed E-state index contributed by atoms with van der Waals surface area (Å²) in [6.07, 6.45) is 0. The lowest BCUT2D eigenvalue weighted by Gasteiger charge is -2.15. The molecule has 16 nitrogen and oxygen atoms in total. The first-order chi connectivity index (χ1) is 19.9. The van der Waals surface area contributed by atoms with Gasteiger partial charge in [-0.2, -0.15) is 0 Å². The van der Waals surface area contributed by atoms with Crippen molar-refractivity contribution in [2.45, 2.75) is 13.8 Å². The van der Waals surface area contributed by atoms with E-state index in [9.17, 15) is 40.5 Å². The summed E-state index contributed by atoms with van der Waals surface area (Å²) in [6, 6.07) is 11.7. The molecule has 0 aliphatic carbocycles. The Hall–Kier alpha value is -6.32. The molecule has 4 aromatic carbocycles. The van der Waals surface area contributed by atoms with Crippen LogP contribution in [0, 0.1) is 54.3 Å². The van der Waals surface area contributed by atoms with Gasteiger partial charge in [0.15, 0.2) is 0 Å². The predicted molar refractivity (Wildman–Crippen MR) is 142 cm³/mol. The number of nitro benzene ring substituents is 4. The number of nitrogens with zero attached hydrogens (tertiary/aromatic N) is 4. The smallest absolute Gasteiger partial charge is 0.318 e. The Labute approximate surface area is 233 Å². The quantitative estimate of drug-likeness (QED) is 0.151. The second kappa shape index (κ2) is 10.3. The standard InChI is InChI=1S/C26H16N4O12/c1-13-3-15-7-16(4-13)40-24-12-26(22(30(37)38)10-20(24)28(33)34)42-18-6-14(2)5-17(8-18)41-25-11-23(39-15)19(27(31)32)9-21(25)29(35)36/h3-12H,1-2H3. The van der Waals surface area contributed by atoms with E-state index in [1.807, 2.05) is 0 Å². The van der Waals surface area contributed by atoms with Gasteiger partial charge >= 0.3 is 22.7 Å². The fraction of sp³-hybridized carbons (Fsp3) is 0.0769. The third kappa shape index (κ3) is 5.39. The van der Waals surface area contributed by atoms with Gasteiger partial charge in [-0.25, -0.2) is 0 Å². The molecule has 0 aromatic heterocycles. The summed E-state index contributed by atoms with van der Waals surface area (Å²) in [5.41, 5.74) is -1.94. The maximum atomic E-state index is 11.8. The maximum Gasteiger partial charge on any atom is 0.318 e. The fourth-order valence-corrected chi connectivity index (χ4v) is 4.15. The van der Waals surface area contributed by atoms with Crippen molar-refractivity contribution >= 4 is 22.7 Å². The molecule has 0 saturated heterocycles. The molecule has 0 spiro atoms. The topological polar surface area (TPSA) is 209 Å². The summed E-state index contributed by atoms with van der Waals surface area (Å²) >= 11 is 0. The van der Waals surface area contributed by atoms with Crippen LogP contribution in [0.3, 0.4) is 0 Å². The summed E-state index contributed by atoms with van der Waals surface area (Å²) in [4.78, 5) is 43.8. The zero-order chi connectivity index (χ0) is 30.3. The summed E-state index contributed by atoms with van der Waals surface area (Å²) < 4.78 is 23.0. The molecule has 0 fully saturated rings. The van der Waals surface area contributed by atoms with E-state index in [4.69, 9.17) is 18.9 Å². The molecule has 4 aromatic rings. The molecule has 0 unspecified atom stereocenters. The normalized spacial score (nSPS) is 11.7. The van der Waals surface area contributed by atoms with Crippen molar-refractivity contribution in [2.75, 3.05) is 0 Å². The number of hydrogen-bond donors (Lipinski definition) is 0. The second-order valence-electron chi connectivity index (χ2n) is 8.98. The van der Waals surface area contributed by atoms with Gasteiger partial charge in [-0.15, -0.1) is 0 Å². The molecule has 0 N–H and O–H groups in total. The Bertz CT molecular complexity index is 1590. The second-order valence-corrected chi connectivity index (χ2v) is 8.98. The van der Waals surface area contributed by atoms with E-state index in [1.54, 1.807) is 13.8 Å². The number of hydrogen-bond acceptors (Lipinski definition) is 12. The maximum absolute atomic E-state index is 11.8. The third-order valence-corrected chi connectivity index (χ3v) is 5.83. The van der Waals surface area contributed by atoms with Crippen LogP contribution in [0.15, 0.2) is 60.7 Å². The summed E-state index contributed by atoms with van der Waals surface area (Å²) in [5.74, 6) is -1.74. The van der Waals surface area contributed by atoms with Crippen molar-refractivity contribution in [1.29, 1.82) is 0 Å². The van der Waals surface area contributed by atoms with Gasteiger partial charge in [0.05, 0.1) is 19.7 Å². The number of rotatable bonds is 4. The molecule has 0 amide bonds. The molecule has 0 atom stereocenters. The highest BCUT2D eigenvalue weighted by Gasteiger charge is 2.30. The molecule has 1 aliphatic rings. The van der Waals surface area contributed by atoms with Gasteiger partial charge in [0, 0.05) is 24.3 Å². The van der Waals surface area contributed by atoms with Crippen molar-refractivity contribution in [3.63, 3.8) is 0 Å². The van der Waals surface area contributed by atoms with Crippen LogP contribution < -0.4 is 18.9 Å². The Morgan fingerprint density at radius 2 is 0.643 bits per heavy atom. The lowest BCUT2D eigenvalue weighted by atomic mass is 10.2. The van der Waals surface area contributed by atoms with Crippen LogP contribution in [0.2, 0.25) is 0 Å². The van der Waals surface area contributed by atoms with Gasteiger partial charge in [0.25, 0.3) is 0 Å². The van der Waals surface area contributed by atoms with E-state index in [-0.39, 0.29) is 23.0 Å². The minimum Gasteiger partial charge on any atom is -0.450 e. The third-order valence-electron chi connectivity index (χ3n) is 5.83. The molecule has 1 aliphatic heterocycles. The minimum absolute atomic E-state index is 0.0288. The zero-order valence-electron chi connectivity index (χ0n) is 21.5. The highest BCUT2D eigenvalue weighted by molar-refractivity contribution is 5.65. The van der Waals surface area contributed by atoms with Crippen LogP contribution in [0.5, 0.6) is 46.0 Å². The number of fused-ring (bicyclic) bond motifs is 8. The number of nitro groups is 4. The molecule has 0 radical (unpaired) electrons. The van der Waals surface area contributed by atoms with Crippen molar-refractivity contribution in [2.24, 2.45) is 0 Å². The average Bonchev–Trinajstić information content (AvgIpc) is 2.87. The molecule has 16 heteroatoms. The summed E-state index contributed by atoms with van der Waals surface area (Å²) in [5, 5.41) is 47.3. The van der Waals surface area contributed by atoms with E-state index in [0.29, 0.717) is 23.3 Å². The zero-order valence-corrected chi connectivity index (χ0v) is 21.5. The summed E-state index contributed by atoms with van der Waals surface area (Å²) in [6.45, 7) is 3.23. The lowest BCUT2D eigenvalue weighted by Crippen LogP contribution is -2.01. The molecule has 212 valence electrons. The lowest BCUT2D eigenvalue weighted by molar-refractivity contribution is -0.395. The van der Waals surface area contributed by atoms with Crippen LogP contribution in [0.4, 0.5) is 22.7 Å². The largest absolute Gasteiger partial charge is 0.450 e. The van der Waals surface area contributed by atoms with Gasteiger partial charge < -0.3 is 18.9 Å². The van der Waals surface area contributed by atoms with Gasteiger partial charge in [0.1, 0.15) is 35.1 Å². The van der Waals surface area contributed by atoms with Crippen molar-refractivity contribution in [1.82, 2.24) is 0 Å². The molecule has 1 heterocycles. The number of aryl methyl sites for hydroxylation is 2. The van der Waals surface area contributed by atoms with E-state index in [0.717, 1.165) is 12.1 Å². The molecular weight excluding hydrogens is 560 g/mol. The van der Waals surface area contributed by atoms with Crippen LogP contribution >= 0.6 is 0 Å². The van der Waals surface area contributed by atoms with Crippen LogP contribution in [0.25, 0.3) is 0 Å². The van der Waals surface area contributed by atoms with Gasteiger partial charge in [-0.1, -0.05) is 0 Å². The van der Waals surface area contributed by atoms with Crippen LogP contribution in [-0.2, 0) is 0 Å². The highest BCUT2D eigenvalue weighted by atomic mass is 16.6. The molecular formula is C26H16N4O12. The van der Waals surface area contributed by atoms with E-state index in [2.05, 4.69) is 0 Å². The van der Waals surface area contributed by atoms with Crippen molar-refractivity contribution in [3.8, 4) is 46.0 Å². The van der Waals surface area contributed by atoms with E-state index >= 15 is 0 Å². The van der Waals surface area contributed by atoms with Crippen LogP contribution in [0.1, 0.15) is 11.1 Å². The highest BCUT2D eigenvalue weighted by Crippen LogP contribution is 2.46. The SMILES string of the molecule is Cc1cc2cc(c1)Oc1cc(c([N+](=O)[O-])cc1[N+](=O)[O-])Oc1cc(C)cc(c1)Oc1cc(c([N+](=O)[O-])cc1[N+](=O)[O-])O2.